The van der Waals surface area contributed by atoms with Gasteiger partial charge in [-0.2, -0.15) is 0 Å². The van der Waals surface area contributed by atoms with Gasteiger partial charge >= 0.3 is 0 Å². The summed E-state index contributed by atoms with van der Waals surface area (Å²) in [7, 11) is 0. The Hall–Kier alpha value is -1.02. The molecule has 0 bridgehead atoms. The second-order valence-electron chi connectivity index (χ2n) is 4.08. The molecule has 0 saturated heterocycles. The van der Waals surface area contributed by atoms with Crippen molar-refractivity contribution < 1.29 is 10.2 Å². The summed E-state index contributed by atoms with van der Waals surface area (Å²) < 4.78 is 0. The summed E-state index contributed by atoms with van der Waals surface area (Å²) in [4.78, 5) is 0. The Labute approximate surface area is 92.6 Å². The lowest BCUT2D eigenvalue weighted by molar-refractivity contribution is 0.0901. The third kappa shape index (κ3) is 6.13. The molecule has 0 rings (SSSR count). The molecule has 2 nitrogen and oxygen atoms in total. The Balaban J connectivity index is 4.19. The van der Waals surface area contributed by atoms with E-state index in [9.17, 15) is 5.11 Å². The van der Waals surface area contributed by atoms with Gasteiger partial charge in [-0.25, -0.2) is 0 Å². The lowest BCUT2D eigenvalue weighted by atomic mass is 9.90. The van der Waals surface area contributed by atoms with Crippen LogP contribution < -0.4 is 0 Å². The summed E-state index contributed by atoms with van der Waals surface area (Å²) in [5.74, 6) is -0.0273. The zero-order chi connectivity index (χ0) is 11.9. The molecule has 1 unspecified atom stereocenters. The summed E-state index contributed by atoms with van der Waals surface area (Å²) in [5.41, 5.74) is -0.282. The molecule has 0 aliphatic carbocycles. The highest BCUT2D eigenvalue weighted by atomic mass is 16.3. The van der Waals surface area contributed by atoms with Crippen molar-refractivity contribution in [3.8, 4) is 0 Å². The van der Waals surface area contributed by atoms with Crippen LogP contribution in [0, 0.1) is 0 Å². The molecular weight excluding hydrogens is 188 g/mol. The van der Waals surface area contributed by atoms with Gasteiger partial charge in [0.15, 0.2) is 0 Å². The maximum absolute atomic E-state index is 10.1. The molecule has 15 heavy (non-hydrogen) atoms. The standard InChI is InChI=1S/C13H22O2/c1-5-6-7-10-13(4,15)11(2)8-9-12(3)14/h8-9,14-15H,2-3,5-7,10H2,1,4H3/b9-8-. The molecule has 0 fully saturated rings. The minimum absolute atomic E-state index is 0.0273. The van der Waals surface area contributed by atoms with Gasteiger partial charge in [-0.05, 0) is 25.0 Å². The van der Waals surface area contributed by atoms with Gasteiger partial charge in [-0.3, -0.25) is 0 Å². The molecule has 0 aromatic carbocycles. The second-order valence-corrected chi connectivity index (χ2v) is 4.08. The normalized spacial score (nSPS) is 15.1. The maximum Gasteiger partial charge on any atom is 0.108 e. The van der Waals surface area contributed by atoms with Crippen molar-refractivity contribution in [2.75, 3.05) is 0 Å². The molecule has 2 N–H and O–H groups in total. The lowest BCUT2D eigenvalue weighted by Crippen LogP contribution is -2.25. The van der Waals surface area contributed by atoms with Crippen LogP contribution >= 0.6 is 0 Å². The molecule has 0 spiro atoms. The Bertz CT molecular complexity index is 249. The number of hydrogen-bond donors (Lipinski definition) is 2. The number of aliphatic hydroxyl groups excluding tert-OH is 1. The SMILES string of the molecule is C=C(O)/C=C\C(=C)C(C)(O)CCCCC. The van der Waals surface area contributed by atoms with Crippen molar-refractivity contribution in [1.29, 1.82) is 0 Å². The van der Waals surface area contributed by atoms with Crippen LogP contribution in [0.2, 0.25) is 0 Å². The highest BCUT2D eigenvalue weighted by Crippen LogP contribution is 2.23. The van der Waals surface area contributed by atoms with E-state index in [2.05, 4.69) is 20.1 Å². The topological polar surface area (TPSA) is 40.5 Å². The molecule has 0 heterocycles. The molecule has 0 aliphatic heterocycles. The predicted octanol–water partition coefficient (Wildman–Crippen LogP) is 3.50. The van der Waals surface area contributed by atoms with Gasteiger partial charge in [0.1, 0.15) is 5.76 Å². The van der Waals surface area contributed by atoms with Crippen LogP contribution in [-0.2, 0) is 0 Å². The Kier molecular flexibility index (Phi) is 6.02. The third-order valence-electron chi connectivity index (χ3n) is 2.44. The molecule has 1 atom stereocenters. The zero-order valence-electron chi connectivity index (χ0n) is 9.79. The summed E-state index contributed by atoms with van der Waals surface area (Å²) in [6, 6.07) is 0. The molecule has 0 aliphatic rings. The Morgan fingerprint density at radius 2 is 1.87 bits per heavy atom. The fourth-order valence-electron chi connectivity index (χ4n) is 1.26. The number of aliphatic hydroxyl groups is 2. The van der Waals surface area contributed by atoms with Crippen molar-refractivity contribution >= 4 is 0 Å². The van der Waals surface area contributed by atoms with Crippen LogP contribution in [0.5, 0.6) is 0 Å². The van der Waals surface area contributed by atoms with Gasteiger partial charge in [0.2, 0.25) is 0 Å². The van der Waals surface area contributed by atoms with Crippen LogP contribution in [-0.4, -0.2) is 15.8 Å². The largest absolute Gasteiger partial charge is 0.509 e. The summed E-state index contributed by atoms with van der Waals surface area (Å²) in [6.07, 6.45) is 6.97. The highest BCUT2D eigenvalue weighted by Gasteiger charge is 2.21. The smallest absolute Gasteiger partial charge is 0.108 e. The summed E-state index contributed by atoms with van der Waals surface area (Å²) >= 11 is 0. The van der Waals surface area contributed by atoms with E-state index in [4.69, 9.17) is 5.11 Å². The average Bonchev–Trinajstić information content (AvgIpc) is 2.14. The van der Waals surface area contributed by atoms with Crippen molar-refractivity contribution in [1.82, 2.24) is 0 Å². The maximum atomic E-state index is 10.1. The molecule has 0 amide bonds. The number of hydrogen-bond acceptors (Lipinski definition) is 2. The quantitative estimate of drug-likeness (QED) is 0.383. The molecule has 2 heteroatoms. The second kappa shape index (κ2) is 6.46. The average molecular weight is 210 g/mol. The fraction of sp³-hybridized carbons (Fsp3) is 0.538. The number of allylic oxidation sites excluding steroid dienone is 1. The van der Waals surface area contributed by atoms with E-state index in [1.165, 1.54) is 6.08 Å². The van der Waals surface area contributed by atoms with Crippen LogP contribution in [0.4, 0.5) is 0 Å². The van der Waals surface area contributed by atoms with E-state index < -0.39 is 5.60 Å². The van der Waals surface area contributed by atoms with E-state index in [1.54, 1.807) is 13.0 Å². The van der Waals surface area contributed by atoms with Crippen LogP contribution in [0.3, 0.4) is 0 Å². The van der Waals surface area contributed by atoms with Gasteiger partial charge in [0, 0.05) is 0 Å². The van der Waals surface area contributed by atoms with Gasteiger partial charge in [0.25, 0.3) is 0 Å². The van der Waals surface area contributed by atoms with Crippen LogP contribution in [0.25, 0.3) is 0 Å². The lowest BCUT2D eigenvalue weighted by Gasteiger charge is -2.23. The monoisotopic (exact) mass is 210 g/mol. The molecule has 0 aromatic rings. The van der Waals surface area contributed by atoms with Gasteiger partial charge in [-0.1, -0.05) is 45.4 Å². The first kappa shape index (κ1) is 14.0. The first-order chi connectivity index (χ1) is 6.90. The zero-order valence-corrected chi connectivity index (χ0v) is 9.79. The van der Waals surface area contributed by atoms with E-state index in [1.807, 2.05) is 0 Å². The Morgan fingerprint density at radius 3 is 2.33 bits per heavy atom. The van der Waals surface area contributed by atoms with E-state index in [-0.39, 0.29) is 5.76 Å². The minimum atomic E-state index is -0.888. The molecule has 86 valence electrons. The van der Waals surface area contributed by atoms with Crippen molar-refractivity contribution in [2.45, 2.75) is 45.1 Å². The van der Waals surface area contributed by atoms with Crippen molar-refractivity contribution in [2.24, 2.45) is 0 Å². The van der Waals surface area contributed by atoms with Gasteiger partial charge < -0.3 is 10.2 Å². The minimum Gasteiger partial charge on any atom is -0.509 e. The molecule has 0 radical (unpaired) electrons. The van der Waals surface area contributed by atoms with E-state index >= 15 is 0 Å². The highest BCUT2D eigenvalue weighted by molar-refractivity contribution is 5.27. The third-order valence-corrected chi connectivity index (χ3v) is 2.44. The predicted molar refractivity (Wildman–Crippen MR) is 64.8 cm³/mol. The summed E-state index contributed by atoms with van der Waals surface area (Å²) in [5, 5.41) is 18.9. The first-order valence-electron chi connectivity index (χ1n) is 5.38. The van der Waals surface area contributed by atoms with Crippen LogP contribution in [0.15, 0.2) is 36.6 Å². The van der Waals surface area contributed by atoms with Crippen LogP contribution in [0.1, 0.15) is 39.5 Å². The summed E-state index contributed by atoms with van der Waals surface area (Å²) in [6.45, 7) is 11.0. The van der Waals surface area contributed by atoms with Gasteiger partial charge in [0.05, 0.1) is 5.60 Å². The number of unbranched alkanes of at least 4 members (excludes halogenated alkanes) is 2. The van der Waals surface area contributed by atoms with Gasteiger partial charge in [-0.15, -0.1) is 0 Å². The number of rotatable bonds is 7. The Morgan fingerprint density at radius 1 is 1.27 bits per heavy atom. The van der Waals surface area contributed by atoms with Crippen molar-refractivity contribution in [3.63, 3.8) is 0 Å². The van der Waals surface area contributed by atoms with Crippen molar-refractivity contribution in [3.05, 3.63) is 36.6 Å². The fourth-order valence-corrected chi connectivity index (χ4v) is 1.26. The van der Waals surface area contributed by atoms with E-state index in [0.717, 1.165) is 19.3 Å². The molecule has 0 aromatic heterocycles. The first-order valence-corrected chi connectivity index (χ1v) is 5.38. The molecule has 0 saturated carbocycles. The van der Waals surface area contributed by atoms with E-state index in [0.29, 0.717) is 12.0 Å². The molecular formula is C13H22O2.